The monoisotopic (exact) mass is 299 g/mol. The van der Waals surface area contributed by atoms with E-state index < -0.39 is 11.7 Å². The van der Waals surface area contributed by atoms with E-state index >= 15 is 0 Å². The lowest BCUT2D eigenvalue weighted by Gasteiger charge is -2.16. The fraction of sp³-hybridized carbons (Fsp3) is 0.600. The zero-order valence-corrected chi connectivity index (χ0v) is 12.3. The number of aromatic nitrogens is 3. The Labute approximate surface area is 122 Å². The van der Waals surface area contributed by atoms with Crippen molar-refractivity contribution in [1.29, 1.82) is 0 Å². The van der Waals surface area contributed by atoms with Crippen LogP contribution in [0.15, 0.2) is 18.2 Å². The maximum atomic E-state index is 12.8. The van der Waals surface area contributed by atoms with Gasteiger partial charge in [0.05, 0.1) is 17.1 Å². The SMILES string of the molecule is CCCCCC(CC)n1nnc2ccc(C(F)(F)F)cc21. The van der Waals surface area contributed by atoms with E-state index in [9.17, 15) is 13.2 Å². The highest BCUT2D eigenvalue weighted by Crippen LogP contribution is 2.32. The van der Waals surface area contributed by atoms with Gasteiger partial charge in [-0.1, -0.05) is 38.3 Å². The van der Waals surface area contributed by atoms with Crippen LogP contribution in [0.5, 0.6) is 0 Å². The highest BCUT2D eigenvalue weighted by atomic mass is 19.4. The van der Waals surface area contributed by atoms with Gasteiger partial charge < -0.3 is 0 Å². The van der Waals surface area contributed by atoms with Crippen molar-refractivity contribution in [1.82, 2.24) is 15.0 Å². The molecule has 1 unspecified atom stereocenters. The Morgan fingerprint density at radius 3 is 2.57 bits per heavy atom. The molecule has 21 heavy (non-hydrogen) atoms. The first-order valence-corrected chi connectivity index (χ1v) is 7.39. The molecule has 0 bridgehead atoms. The molecule has 116 valence electrons. The summed E-state index contributed by atoms with van der Waals surface area (Å²) < 4.78 is 40.2. The van der Waals surface area contributed by atoms with Gasteiger partial charge in [0.25, 0.3) is 0 Å². The molecule has 0 amide bonds. The van der Waals surface area contributed by atoms with Crippen LogP contribution in [0.1, 0.15) is 57.6 Å². The summed E-state index contributed by atoms with van der Waals surface area (Å²) in [7, 11) is 0. The fourth-order valence-corrected chi connectivity index (χ4v) is 2.51. The molecule has 1 atom stereocenters. The van der Waals surface area contributed by atoms with E-state index in [0.29, 0.717) is 11.0 Å². The minimum atomic E-state index is -4.34. The smallest absolute Gasteiger partial charge is 0.242 e. The van der Waals surface area contributed by atoms with Crippen LogP contribution in [0.25, 0.3) is 11.0 Å². The van der Waals surface area contributed by atoms with Crippen molar-refractivity contribution in [2.24, 2.45) is 0 Å². The molecular weight excluding hydrogens is 279 g/mol. The number of unbranched alkanes of at least 4 members (excludes halogenated alkanes) is 2. The van der Waals surface area contributed by atoms with E-state index in [-0.39, 0.29) is 6.04 Å². The van der Waals surface area contributed by atoms with Crippen molar-refractivity contribution in [3.05, 3.63) is 23.8 Å². The molecule has 0 fully saturated rings. The van der Waals surface area contributed by atoms with Crippen molar-refractivity contribution in [2.45, 2.75) is 58.2 Å². The molecule has 3 nitrogen and oxygen atoms in total. The van der Waals surface area contributed by atoms with E-state index in [1.165, 1.54) is 6.07 Å². The first-order chi connectivity index (χ1) is 9.97. The van der Waals surface area contributed by atoms with Gasteiger partial charge in [0.1, 0.15) is 5.52 Å². The maximum Gasteiger partial charge on any atom is 0.416 e. The van der Waals surface area contributed by atoms with Crippen molar-refractivity contribution in [3.8, 4) is 0 Å². The third kappa shape index (κ3) is 3.54. The van der Waals surface area contributed by atoms with Gasteiger partial charge in [-0.2, -0.15) is 13.2 Å². The third-order valence-corrected chi connectivity index (χ3v) is 3.76. The summed E-state index contributed by atoms with van der Waals surface area (Å²) in [6.45, 7) is 4.15. The van der Waals surface area contributed by atoms with E-state index in [2.05, 4.69) is 17.2 Å². The molecule has 0 saturated carbocycles. The van der Waals surface area contributed by atoms with E-state index in [1.54, 1.807) is 4.68 Å². The summed E-state index contributed by atoms with van der Waals surface area (Å²) in [5.41, 5.74) is 0.326. The Morgan fingerprint density at radius 1 is 1.19 bits per heavy atom. The summed E-state index contributed by atoms with van der Waals surface area (Å²) in [6, 6.07) is 3.70. The van der Waals surface area contributed by atoms with Gasteiger partial charge in [-0.05, 0) is 31.0 Å². The molecule has 1 heterocycles. The minimum absolute atomic E-state index is 0.102. The summed E-state index contributed by atoms with van der Waals surface area (Å²) in [5, 5.41) is 8.05. The van der Waals surface area contributed by atoms with Crippen LogP contribution in [0, 0.1) is 0 Å². The lowest BCUT2D eigenvalue weighted by atomic mass is 10.1. The number of alkyl halides is 3. The Balaban J connectivity index is 2.34. The Hall–Kier alpha value is -1.59. The second-order valence-corrected chi connectivity index (χ2v) is 5.29. The van der Waals surface area contributed by atoms with Gasteiger partial charge in [0.2, 0.25) is 0 Å². The summed E-state index contributed by atoms with van der Waals surface area (Å²) >= 11 is 0. The molecule has 0 N–H and O–H groups in total. The van der Waals surface area contributed by atoms with Gasteiger partial charge in [-0.15, -0.1) is 5.10 Å². The molecule has 0 aliphatic carbocycles. The van der Waals surface area contributed by atoms with Crippen LogP contribution >= 0.6 is 0 Å². The summed E-state index contributed by atoms with van der Waals surface area (Å²) in [6.07, 6.45) is 0.698. The third-order valence-electron chi connectivity index (χ3n) is 3.76. The molecule has 0 aliphatic heterocycles. The van der Waals surface area contributed by atoms with Crippen LogP contribution in [0.3, 0.4) is 0 Å². The second kappa shape index (κ2) is 6.45. The maximum absolute atomic E-state index is 12.8. The number of fused-ring (bicyclic) bond motifs is 1. The van der Waals surface area contributed by atoms with E-state index in [4.69, 9.17) is 0 Å². The average molecular weight is 299 g/mol. The highest BCUT2D eigenvalue weighted by Gasteiger charge is 2.31. The van der Waals surface area contributed by atoms with E-state index in [1.807, 2.05) is 6.92 Å². The molecule has 2 aromatic rings. The molecule has 1 aromatic heterocycles. The summed E-state index contributed by atoms with van der Waals surface area (Å²) in [4.78, 5) is 0. The van der Waals surface area contributed by atoms with Gasteiger partial charge in [-0.25, -0.2) is 4.68 Å². The van der Waals surface area contributed by atoms with Crippen LogP contribution in [0.2, 0.25) is 0 Å². The molecular formula is C15H20F3N3. The molecule has 0 aliphatic rings. The number of hydrogen-bond acceptors (Lipinski definition) is 2. The zero-order chi connectivity index (χ0) is 15.5. The van der Waals surface area contributed by atoms with E-state index in [0.717, 1.165) is 44.2 Å². The van der Waals surface area contributed by atoms with Crippen LogP contribution in [-0.4, -0.2) is 15.0 Å². The Bertz CT molecular complexity index is 589. The second-order valence-electron chi connectivity index (χ2n) is 5.29. The number of hydrogen-bond donors (Lipinski definition) is 0. The standard InChI is InChI=1S/C15H20F3N3/c1-3-5-6-7-12(4-2)21-14-10-11(15(16,17)18)8-9-13(14)19-20-21/h8-10,12H,3-7H2,1-2H3. The first kappa shape index (κ1) is 15.8. The largest absolute Gasteiger partial charge is 0.416 e. The number of nitrogens with zero attached hydrogens (tertiary/aromatic N) is 3. The molecule has 1 aromatic carbocycles. The minimum Gasteiger partial charge on any atom is -0.242 e. The van der Waals surface area contributed by atoms with Crippen molar-refractivity contribution >= 4 is 11.0 Å². The van der Waals surface area contributed by atoms with Crippen molar-refractivity contribution in [2.75, 3.05) is 0 Å². The van der Waals surface area contributed by atoms with Gasteiger partial charge in [0.15, 0.2) is 0 Å². The average Bonchev–Trinajstić information content (AvgIpc) is 2.86. The Morgan fingerprint density at radius 2 is 1.95 bits per heavy atom. The van der Waals surface area contributed by atoms with Crippen LogP contribution < -0.4 is 0 Å². The molecule has 0 radical (unpaired) electrons. The lowest BCUT2D eigenvalue weighted by molar-refractivity contribution is -0.137. The highest BCUT2D eigenvalue weighted by molar-refractivity contribution is 5.75. The Kier molecular flexibility index (Phi) is 4.85. The first-order valence-electron chi connectivity index (χ1n) is 7.39. The quantitative estimate of drug-likeness (QED) is 0.704. The molecule has 2 rings (SSSR count). The molecule has 0 saturated heterocycles. The predicted molar refractivity (Wildman–Crippen MR) is 76.0 cm³/mol. The normalized spacial score (nSPS) is 13.8. The van der Waals surface area contributed by atoms with Crippen LogP contribution in [-0.2, 0) is 6.18 Å². The van der Waals surface area contributed by atoms with Gasteiger partial charge in [0, 0.05) is 0 Å². The number of rotatable bonds is 6. The fourth-order valence-electron chi connectivity index (χ4n) is 2.51. The van der Waals surface area contributed by atoms with Crippen LogP contribution in [0.4, 0.5) is 13.2 Å². The van der Waals surface area contributed by atoms with Gasteiger partial charge in [-0.3, -0.25) is 0 Å². The molecule has 0 spiro atoms. The van der Waals surface area contributed by atoms with Crippen molar-refractivity contribution < 1.29 is 13.2 Å². The predicted octanol–water partition coefficient (Wildman–Crippen LogP) is 4.98. The van der Waals surface area contributed by atoms with Gasteiger partial charge >= 0.3 is 6.18 Å². The summed E-state index contributed by atoms with van der Waals surface area (Å²) in [5.74, 6) is 0. The number of benzene rings is 1. The topological polar surface area (TPSA) is 30.7 Å². The number of halogens is 3. The zero-order valence-electron chi connectivity index (χ0n) is 12.3. The lowest BCUT2D eigenvalue weighted by Crippen LogP contribution is -2.11. The molecule has 6 heteroatoms. The van der Waals surface area contributed by atoms with Crippen molar-refractivity contribution in [3.63, 3.8) is 0 Å².